The van der Waals surface area contributed by atoms with Gasteiger partial charge in [0, 0.05) is 24.1 Å². The van der Waals surface area contributed by atoms with Crippen molar-refractivity contribution in [1.82, 2.24) is 4.98 Å². The van der Waals surface area contributed by atoms with Gasteiger partial charge in [0.1, 0.15) is 11.2 Å². The van der Waals surface area contributed by atoms with E-state index >= 15 is 0 Å². The first-order chi connectivity index (χ1) is 7.77. The van der Waals surface area contributed by atoms with Gasteiger partial charge in [-0.3, -0.25) is 0 Å². The maximum absolute atomic E-state index is 8.66. The van der Waals surface area contributed by atoms with E-state index in [0.29, 0.717) is 24.1 Å². The lowest BCUT2D eigenvalue weighted by Crippen LogP contribution is -1.85. The first-order valence-corrected chi connectivity index (χ1v) is 4.71. The predicted molar refractivity (Wildman–Crippen MR) is 59.5 cm³/mol. The number of azide groups is 1. The molecule has 0 unspecified atom stereocenters. The monoisotopic (exact) mass is 231 g/mol. The number of aromatic nitrogens is 1. The highest BCUT2D eigenvalue weighted by molar-refractivity contribution is 6.30. The van der Waals surface area contributed by atoms with Crippen molar-refractivity contribution >= 4 is 11.6 Å². The van der Waals surface area contributed by atoms with E-state index in [9.17, 15) is 0 Å². The minimum Gasteiger partial charge on any atom is -0.242 e. The number of rotatable bonds is 2. The summed E-state index contributed by atoms with van der Waals surface area (Å²) in [6, 6.07) is 3.52. The summed E-state index contributed by atoms with van der Waals surface area (Å²) in [7, 11) is 0. The van der Waals surface area contributed by atoms with Crippen LogP contribution in [0.1, 0.15) is 17.5 Å². The topological polar surface area (TPSA) is 85.4 Å². The molecule has 0 fully saturated rings. The molecule has 16 heavy (non-hydrogen) atoms. The van der Waals surface area contributed by atoms with Crippen LogP contribution in [0.2, 0.25) is 5.15 Å². The SMILES string of the molecule is N#Cc1cnc(Cl)c(C#CCCN=[N+]=[N-])c1. The Labute approximate surface area is 97.3 Å². The van der Waals surface area contributed by atoms with Gasteiger partial charge in [0.15, 0.2) is 0 Å². The van der Waals surface area contributed by atoms with Crippen molar-refractivity contribution in [2.45, 2.75) is 6.42 Å². The molecule has 0 amide bonds. The zero-order valence-corrected chi connectivity index (χ0v) is 8.94. The average Bonchev–Trinajstić information content (AvgIpc) is 2.31. The third-order valence-electron chi connectivity index (χ3n) is 1.59. The normalized spacial score (nSPS) is 8.25. The van der Waals surface area contributed by atoms with Crippen LogP contribution in [0.15, 0.2) is 17.4 Å². The molecule has 1 aromatic heterocycles. The van der Waals surface area contributed by atoms with Crippen molar-refractivity contribution in [2.75, 3.05) is 6.54 Å². The number of hydrogen-bond acceptors (Lipinski definition) is 3. The molecule has 1 aromatic rings. The fourth-order valence-electron chi connectivity index (χ4n) is 0.905. The van der Waals surface area contributed by atoms with Crippen molar-refractivity contribution in [3.05, 3.63) is 39.0 Å². The van der Waals surface area contributed by atoms with Gasteiger partial charge in [-0.1, -0.05) is 28.6 Å². The standard InChI is InChI=1S/C10H6ClN5/c11-10-9(3-1-2-4-15-16-13)5-8(6-12)7-14-10/h5,7H,2,4H2. The fourth-order valence-corrected chi connectivity index (χ4v) is 1.06. The molecule has 0 spiro atoms. The smallest absolute Gasteiger partial charge is 0.144 e. The molecule has 0 atom stereocenters. The molecular formula is C10H6ClN5. The molecule has 5 nitrogen and oxygen atoms in total. The van der Waals surface area contributed by atoms with Gasteiger partial charge in [-0.05, 0) is 11.6 Å². The molecule has 78 valence electrons. The summed E-state index contributed by atoms with van der Waals surface area (Å²) in [6.45, 7) is 0.312. The summed E-state index contributed by atoms with van der Waals surface area (Å²) >= 11 is 5.79. The Morgan fingerprint density at radius 3 is 3.12 bits per heavy atom. The lowest BCUT2D eigenvalue weighted by molar-refractivity contribution is 1.01. The van der Waals surface area contributed by atoms with Crippen LogP contribution >= 0.6 is 11.6 Å². The number of nitrogens with zero attached hydrogens (tertiary/aromatic N) is 5. The molecule has 0 aliphatic rings. The van der Waals surface area contributed by atoms with E-state index in [1.807, 2.05) is 6.07 Å². The Morgan fingerprint density at radius 1 is 1.62 bits per heavy atom. The summed E-state index contributed by atoms with van der Waals surface area (Å²) in [5.41, 5.74) is 8.95. The molecule has 1 heterocycles. The van der Waals surface area contributed by atoms with Crippen molar-refractivity contribution < 1.29 is 0 Å². The van der Waals surface area contributed by atoms with Gasteiger partial charge in [0.2, 0.25) is 0 Å². The van der Waals surface area contributed by atoms with Gasteiger partial charge >= 0.3 is 0 Å². The van der Waals surface area contributed by atoms with Crippen LogP contribution in [0.3, 0.4) is 0 Å². The second-order valence-corrected chi connectivity index (χ2v) is 3.04. The van der Waals surface area contributed by atoms with Crippen LogP contribution in [0.4, 0.5) is 0 Å². The molecule has 0 aromatic carbocycles. The lowest BCUT2D eigenvalue weighted by atomic mass is 10.2. The maximum atomic E-state index is 8.66. The Bertz CT molecular complexity index is 528. The number of hydrogen-bond donors (Lipinski definition) is 0. The van der Waals surface area contributed by atoms with E-state index in [-0.39, 0.29) is 5.15 Å². The molecule has 0 aliphatic heterocycles. The zero-order valence-electron chi connectivity index (χ0n) is 8.18. The first kappa shape index (κ1) is 11.9. The molecule has 0 saturated carbocycles. The molecule has 1 rings (SSSR count). The van der Waals surface area contributed by atoms with E-state index < -0.39 is 0 Å². The van der Waals surface area contributed by atoms with Crippen molar-refractivity contribution in [3.8, 4) is 17.9 Å². The molecule has 0 N–H and O–H groups in total. The number of pyridine rings is 1. The summed E-state index contributed by atoms with van der Waals surface area (Å²) in [4.78, 5) is 6.42. The minimum absolute atomic E-state index is 0.260. The van der Waals surface area contributed by atoms with Crippen LogP contribution in [0.25, 0.3) is 10.4 Å². The third kappa shape index (κ3) is 3.51. The molecule has 0 radical (unpaired) electrons. The molecule has 6 heteroatoms. The van der Waals surface area contributed by atoms with E-state index in [1.165, 1.54) is 6.20 Å². The maximum Gasteiger partial charge on any atom is 0.144 e. The highest BCUT2D eigenvalue weighted by Crippen LogP contribution is 2.12. The van der Waals surface area contributed by atoms with Gasteiger partial charge < -0.3 is 0 Å². The Kier molecular flexibility index (Phi) is 4.69. The fraction of sp³-hybridized carbons (Fsp3) is 0.200. The van der Waals surface area contributed by atoms with Gasteiger partial charge in [0.25, 0.3) is 0 Å². The Balaban J connectivity index is 2.80. The molecular weight excluding hydrogens is 226 g/mol. The zero-order chi connectivity index (χ0) is 11.8. The van der Waals surface area contributed by atoms with Crippen LogP contribution < -0.4 is 0 Å². The first-order valence-electron chi connectivity index (χ1n) is 4.33. The lowest BCUT2D eigenvalue weighted by Gasteiger charge is -1.94. The largest absolute Gasteiger partial charge is 0.242 e. The van der Waals surface area contributed by atoms with E-state index in [4.69, 9.17) is 22.4 Å². The highest BCUT2D eigenvalue weighted by atomic mass is 35.5. The van der Waals surface area contributed by atoms with Crippen LogP contribution in [-0.2, 0) is 0 Å². The third-order valence-corrected chi connectivity index (χ3v) is 1.89. The van der Waals surface area contributed by atoms with Crippen LogP contribution in [0, 0.1) is 23.2 Å². The summed E-state index contributed by atoms with van der Waals surface area (Å²) in [6.07, 6.45) is 1.82. The van der Waals surface area contributed by atoms with Crippen LogP contribution in [0.5, 0.6) is 0 Å². The van der Waals surface area contributed by atoms with Gasteiger partial charge in [-0.15, -0.1) is 0 Å². The molecule has 0 saturated heterocycles. The second kappa shape index (κ2) is 6.31. The molecule has 0 aliphatic carbocycles. The van der Waals surface area contributed by atoms with E-state index in [2.05, 4.69) is 26.9 Å². The van der Waals surface area contributed by atoms with E-state index in [1.54, 1.807) is 6.07 Å². The Morgan fingerprint density at radius 2 is 2.44 bits per heavy atom. The van der Waals surface area contributed by atoms with Gasteiger partial charge in [-0.25, -0.2) is 4.98 Å². The number of nitriles is 1. The highest BCUT2D eigenvalue weighted by Gasteiger charge is 1.99. The second-order valence-electron chi connectivity index (χ2n) is 2.68. The van der Waals surface area contributed by atoms with Gasteiger partial charge in [-0.2, -0.15) is 5.26 Å². The summed E-state index contributed by atoms with van der Waals surface area (Å²) in [5.74, 6) is 5.55. The van der Waals surface area contributed by atoms with Crippen molar-refractivity contribution in [2.24, 2.45) is 5.11 Å². The van der Waals surface area contributed by atoms with Crippen LogP contribution in [-0.4, -0.2) is 11.5 Å². The summed E-state index contributed by atoms with van der Waals surface area (Å²) < 4.78 is 0. The summed E-state index contributed by atoms with van der Waals surface area (Å²) in [5, 5.41) is 12.3. The quantitative estimate of drug-likeness (QED) is 0.196. The Hall–Kier alpha value is -2.20. The average molecular weight is 232 g/mol. The molecule has 0 bridgehead atoms. The van der Waals surface area contributed by atoms with Crippen molar-refractivity contribution in [3.63, 3.8) is 0 Å². The van der Waals surface area contributed by atoms with Crippen molar-refractivity contribution in [1.29, 1.82) is 5.26 Å². The number of halogens is 1. The van der Waals surface area contributed by atoms with E-state index in [0.717, 1.165) is 0 Å². The van der Waals surface area contributed by atoms with Gasteiger partial charge in [0.05, 0.1) is 11.1 Å². The predicted octanol–water partition coefficient (Wildman–Crippen LogP) is 2.66. The minimum atomic E-state index is 0.260.